The highest BCUT2D eigenvalue weighted by Gasteiger charge is 2.46. The maximum absolute atomic E-state index is 13.6. The first-order valence-electron chi connectivity index (χ1n) is 12.6. The number of phenolic OH excluding ortho intramolecular Hbond substituents is 2. The molecule has 7 heteroatoms. The number of benzene rings is 1. The predicted octanol–water partition coefficient (Wildman–Crippen LogP) is 3.48. The van der Waals surface area contributed by atoms with Crippen molar-refractivity contribution in [2.45, 2.75) is 64.0 Å². The number of likely N-dealkylation sites (tertiary alicyclic amines) is 1. The second-order valence-electron chi connectivity index (χ2n) is 10.6. The summed E-state index contributed by atoms with van der Waals surface area (Å²) in [5.74, 6) is 0.237. The average Bonchev–Trinajstić information content (AvgIpc) is 2.84. The monoisotopic (exact) mass is 464 g/mol. The summed E-state index contributed by atoms with van der Waals surface area (Å²) in [7, 11) is 0. The third kappa shape index (κ3) is 3.35. The molecule has 4 aliphatic rings. The highest BCUT2D eigenvalue weighted by molar-refractivity contribution is 5.89. The number of hydrogen-bond acceptors (Lipinski definition) is 6. The first-order chi connectivity index (χ1) is 16.4. The molecule has 6 rings (SSSR count). The van der Waals surface area contributed by atoms with Gasteiger partial charge in [-0.15, -0.1) is 0 Å². The highest BCUT2D eigenvalue weighted by atomic mass is 16.4. The lowest BCUT2D eigenvalue weighted by molar-refractivity contribution is -0.135. The Hall–Kier alpha value is -2.80. The summed E-state index contributed by atoms with van der Waals surface area (Å²) in [6.45, 7) is 4.72. The summed E-state index contributed by atoms with van der Waals surface area (Å²) >= 11 is 0. The Morgan fingerprint density at radius 3 is 2.88 bits per heavy atom. The van der Waals surface area contributed by atoms with Crippen molar-refractivity contribution in [1.82, 2.24) is 9.80 Å². The van der Waals surface area contributed by atoms with Gasteiger partial charge in [-0.2, -0.15) is 0 Å². The summed E-state index contributed by atoms with van der Waals surface area (Å²) in [6, 6.07) is 3.78. The Labute approximate surface area is 198 Å². The Morgan fingerprint density at radius 2 is 2.03 bits per heavy atom. The third-order valence-electron chi connectivity index (χ3n) is 8.71. The molecule has 180 valence electrons. The lowest BCUT2D eigenvalue weighted by Crippen LogP contribution is -2.60. The molecule has 7 nitrogen and oxygen atoms in total. The minimum Gasteiger partial charge on any atom is -0.504 e. The molecule has 0 radical (unpaired) electrons. The Bertz CT molecular complexity index is 1250. The largest absolute Gasteiger partial charge is 0.504 e. The molecule has 1 aromatic heterocycles. The number of amides is 1. The van der Waals surface area contributed by atoms with E-state index in [0.29, 0.717) is 34.4 Å². The molecule has 2 aromatic rings. The van der Waals surface area contributed by atoms with Crippen molar-refractivity contribution < 1.29 is 19.4 Å². The van der Waals surface area contributed by atoms with Crippen molar-refractivity contribution in [3.05, 3.63) is 45.3 Å². The van der Waals surface area contributed by atoms with Crippen molar-refractivity contribution in [3.8, 4) is 11.5 Å². The zero-order valence-corrected chi connectivity index (χ0v) is 19.6. The van der Waals surface area contributed by atoms with Crippen LogP contribution in [-0.2, 0) is 11.2 Å². The molecule has 4 atom stereocenters. The molecule has 4 heterocycles. The van der Waals surface area contributed by atoms with Gasteiger partial charge in [0.15, 0.2) is 11.3 Å². The quantitative estimate of drug-likeness (QED) is 0.402. The van der Waals surface area contributed by atoms with Crippen LogP contribution in [0.1, 0.15) is 49.7 Å². The molecule has 0 saturated carbocycles. The van der Waals surface area contributed by atoms with E-state index in [9.17, 15) is 19.8 Å². The normalized spacial score (nSPS) is 28.9. The van der Waals surface area contributed by atoms with Crippen LogP contribution in [0.3, 0.4) is 0 Å². The molecule has 4 unspecified atom stereocenters. The summed E-state index contributed by atoms with van der Waals surface area (Å²) < 4.78 is 5.35. The van der Waals surface area contributed by atoms with Gasteiger partial charge in [-0.05, 0) is 75.1 Å². The fourth-order valence-corrected chi connectivity index (χ4v) is 7.14. The molecule has 3 saturated heterocycles. The number of aromatic hydroxyl groups is 2. The number of phenols is 2. The average molecular weight is 465 g/mol. The molecule has 0 spiro atoms. The molecule has 3 fully saturated rings. The van der Waals surface area contributed by atoms with Crippen molar-refractivity contribution in [2.24, 2.45) is 11.8 Å². The van der Waals surface area contributed by atoms with E-state index in [1.165, 1.54) is 37.4 Å². The molecule has 1 amide bonds. The molecular weight excluding hydrogens is 432 g/mol. The van der Waals surface area contributed by atoms with Gasteiger partial charge >= 0.3 is 5.63 Å². The van der Waals surface area contributed by atoms with Gasteiger partial charge in [-0.1, -0.05) is 18.1 Å². The molecule has 1 aliphatic carbocycles. The van der Waals surface area contributed by atoms with Crippen LogP contribution in [0, 0.1) is 18.8 Å². The van der Waals surface area contributed by atoms with E-state index in [0.717, 1.165) is 32.4 Å². The van der Waals surface area contributed by atoms with Crippen LogP contribution >= 0.6 is 0 Å². The number of aryl methyl sites for hydroxylation is 1. The maximum Gasteiger partial charge on any atom is 0.340 e. The maximum atomic E-state index is 13.6. The van der Waals surface area contributed by atoms with Gasteiger partial charge < -0.3 is 19.5 Å². The van der Waals surface area contributed by atoms with Gasteiger partial charge in [-0.3, -0.25) is 9.69 Å². The Morgan fingerprint density at radius 1 is 1.18 bits per heavy atom. The van der Waals surface area contributed by atoms with Crippen molar-refractivity contribution in [2.75, 3.05) is 19.6 Å². The summed E-state index contributed by atoms with van der Waals surface area (Å²) in [5, 5.41) is 20.4. The fraction of sp³-hybridized carbons (Fsp3) is 0.556. The van der Waals surface area contributed by atoms with Crippen molar-refractivity contribution in [3.63, 3.8) is 0 Å². The van der Waals surface area contributed by atoms with Gasteiger partial charge in [0.05, 0.1) is 18.0 Å². The minimum absolute atomic E-state index is 0.0159. The van der Waals surface area contributed by atoms with Gasteiger partial charge in [0.2, 0.25) is 11.7 Å². The van der Waals surface area contributed by atoms with E-state index in [1.54, 1.807) is 13.0 Å². The smallest absolute Gasteiger partial charge is 0.340 e. The van der Waals surface area contributed by atoms with Gasteiger partial charge in [-0.25, -0.2) is 4.79 Å². The van der Waals surface area contributed by atoms with Gasteiger partial charge in [0.25, 0.3) is 0 Å². The SMILES string of the molecule is Cc1c(CC(=O)N2CCCC3=CC4CC(CN5CCCCC45)C32)c(=O)oc2c(O)c(O)ccc12. The first kappa shape index (κ1) is 21.7. The zero-order chi connectivity index (χ0) is 23.6. The van der Waals surface area contributed by atoms with E-state index in [1.807, 2.05) is 4.90 Å². The zero-order valence-electron chi connectivity index (χ0n) is 19.6. The number of carbonyl (C=O) groups excluding carboxylic acids is 1. The fourth-order valence-electron chi connectivity index (χ4n) is 7.14. The number of rotatable bonds is 2. The van der Waals surface area contributed by atoms with E-state index >= 15 is 0 Å². The van der Waals surface area contributed by atoms with E-state index in [-0.39, 0.29) is 29.7 Å². The van der Waals surface area contributed by atoms with Crippen LogP contribution < -0.4 is 5.63 Å². The standard InChI is InChI=1S/C27H32N2O5/c1-15-19-7-8-22(30)25(32)26(19)34-27(33)20(15)13-23(31)29-10-4-5-16-11-17-12-18(24(16)29)14-28-9-3-2-6-21(17)28/h7-8,11,17-18,21,24,30,32H,2-6,9-10,12-14H2,1H3. The van der Waals surface area contributed by atoms with Crippen LogP contribution in [0.15, 0.2) is 33.0 Å². The van der Waals surface area contributed by atoms with Crippen LogP contribution in [0.25, 0.3) is 11.0 Å². The van der Waals surface area contributed by atoms with Crippen LogP contribution in [-0.4, -0.2) is 57.6 Å². The van der Waals surface area contributed by atoms with Crippen molar-refractivity contribution >= 4 is 16.9 Å². The molecule has 1 aromatic carbocycles. The predicted molar refractivity (Wildman–Crippen MR) is 128 cm³/mol. The molecule has 2 bridgehead atoms. The van der Waals surface area contributed by atoms with Crippen LogP contribution in [0.5, 0.6) is 11.5 Å². The first-order valence-corrected chi connectivity index (χ1v) is 12.6. The summed E-state index contributed by atoms with van der Waals surface area (Å²) in [6.07, 6.45) is 9.53. The molecule has 2 N–H and O–H groups in total. The third-order valence-corrected chi connectivity index (χ3v) is 8.71. The second-order valence-corrected chi connectivity index (χ2v) is 10.6. The minimum atomic E-state index is -0.635. The topological polar surface area (TPSA) is 94.2 Å². The molecule has 3 aliphatic heterocycles. The lowest BCUT2D eigenvalue weighted by Gasteiger charge is -2.54. The van der Waals surface area contributed by atoms with E-state index in [4.69, 9.17) is 4.42 Å². The van der Waals surface area contributed by atoms with Crippen LogP contribution in [0.4, 0.5) is 0 Å². The number of hydrogen-bond donors (Lipinski definition) is 2. The van der Waals surface area contributed by atoms with Crippen LogP contribution in [0.2, 0.25) is 0 Å². The highest BCUT2D eigenvalue weighted by Crippen LogP contribution is 2.45. The summed E-state index contributed by atoms with van der Waals surface area (Å²) in [4.78, 5) is 31.1. The molecular formula is C27H32N2O5. The van der Waals surface area contributed by atoms with Crippen molar-refractivity contribution in [1.29, 1.82) is 0 Å². The Balaban J connectivity index is 1.31. The number of fused-ring (bicyclic) bond motifs is 7. The lowest BCUT2D eigenvalue weighted by atomic mass is 9.68. The number of nitrogens with zero attached hydrogens (tertiary/aromatic N) is 2. The summed E-state index contributed by atoms with van der Waals surface area (Å²) in [5.41, 5.74) is 1.68. The molecule has 34 heavy (non-hydrogen) atoms. The second kappa shape index (κ2) is 8.15. The van der Waals surface area contributed by atoms with E-state index in [2.05, 4.69) is 11.0 Å². The number of carbonyl (C=O) groups is 1. The van der Waals surface area contributed by atoms with Gasteiger partial charge in [0.1, 0.15) is 0 Å². The Kier molecular flexibility index (Phi) is 5.21. The van der Waals surface area contributed by atoms with E-state index < -0.39 is 11.4 Å². The van der Waals surface area contributed by atoms with Gasteiger partial charge in [0, 0.05) is 24.5 Å². The number of piperidine rings is 3.